The molecule has 3 nitrogen and oxygen atoms in total. The highest BCUT2D eigenvalue weighted by Gasteiger charge is 2.41. The summed E-state index contributed by atoms with van der Waals surface area (Å²) in [5.74, 6) is -1.64. The second kappa shape index (κ2) is 5.50. The quantitative estimate of drug-likeness (QED) is 0.883. The molecule has 1 unspecified atom stereocenters. The Bertz CT molecular complexity index is 571. The summed E-state index contributed by atoms with van der Waals surface area (Å²) in [6, 6.07) is 9.58. The normalized spacial score (nSPS) is 14.0. The predicted octanol–water partition coefficient (Wildman–Crippen LogP) is 2.41. The predicted molar refractivity (Wildman–Crippen MR) is 72.8 cm³/mol. The Balaban J connectivity index is 2.51. The zero-order valence-electron chi connectivity index (χ0n) is 10.2. The number of aliphatic carboxylic acids is 1. The number of hydrogen-bond donors (Lipinski definition) is 2. The van der Waals surface area contributed by atoms with Gasteiger partial charge in [0.1, 0.15) is 11.2 Å². The van der Waals surface area contributed by atoms with Crippen LogP contribution in [-0.4, -0.2) is 17.6 Å². The van der Waals surface area contributed by atoms with Crippen LogP contribution in [-0.2, 0) is 16.6 Å². The lowest BCUT2D eigenvalue weighted by Crippen LogP contribution is -2.45. The summed E-state index contributed by atoms with van der Waals surface area (Å²) in [5, 5.41) is 11.4. The van der Waals surface area contributed by atoms with Gasteiger partial charge in [-0.2, -0.15) is 0 Å². The number of rotatable bonds is 5. The monoisotopic (exact) mass is 279 g/mol. The van der Waals surface area contributed by atoms with Crippen LogP contribution in [0.1, 0.15) is 10.4 Å². The van der Waals surface area contributed by atoms with Crippen molar-refractivity contribution in [2.24, 2.45) is 5.73 Å². The van der Waals surface area contributed by atoms with Gasteiger partial charge in [-0.3, -0.25) is 4.79 Å². The molecule has 0 amide bonds. The number of halogens is 1. The van der Waals surface area contributed by atoms with Crippen molar-refractivity contribution in [3.05, 3.63) is 58.0 Å². The first-order valence-corrected chi connectivity index (χ1v) is 6.69. The van der Waals surface area contributed by atoms with E-state index in [0.717, 1.165) is 4.88 Å². The van der Waals surface area contributed by atoms with Crippen molar-refractivity contribution in [3.63, 3.8) is 0 Å². The summed E-state index contributed by atoms with van der Waals surface area (Å²) in [4.78, 5) is 12.6. The van der Waals surface area contributed by atoms with Crippen LogP contribution in [0, 0.1) is 5.82 Å². The summed E-state index contributed by atoms with van der Waals surface area (Å²) in [6.07, 6.45) is 0.192. The van der Waals surface area contributed by atoms with Crippen LogP contribution < -0.4 is 5.73 Å². The van der Waals surface area contributed by atoms with Gasteiger partial charge in [0, 0.05) is 23.4 Å². The number of thiophene rings is 1. The fraction of sp³-hybridized carbons (Fsp3) is 0.214. The molecule has 0 aliphatic heterocycles. The Morgan fingerprint density at radius 1 is 1.32 bits per heavy atom. The van der Waals surface area contributed by atoms with E-state index in [1.165, 1.54) is 29.5 Å². The lowest BCUT2D eigenvalue weighted by atomic mass is 9.77. The Morgan fingerprint density at radius 3 is 2.58 bits per heavy atom. The van der Waals surface area contributed by atoms with Crippen LogP contribution in [0.5, 0.6) is 0 Å². The van der Waals surface area contributed by atoms with Gasteiger partial charge < -0.3 is 10.8 Å². The third-order valence-electron chi connectivity index (χ3n) is 3.20. The van der Waals surface area contributed by atoms with Gasteiger partial charge in [0.25, 0.3) is 0 Å². The van der Waals surface area contributed by atoms with Gasteiger partial charge in [-0.15, -0.1) is 11.3 Å². The molecule has 0 aliphatic carbocycles. The molecule has 3 N–H and O–H groups in total. The molecule has 2 rings (SSSR count). The van der Waals surface area contributed by atoms with Crippen LogP contribution in [0.3, 0.4) is 0 Å². The summed E-state index contributed by atoms with van der Waals surface area (Å²) in [5.41, 5.74) is 4.40. The van der Waals surface area contributed by atoms with Crippen LogP contribution in [0.4, 0.5) is 4.39 Å². The lowest BCUT2D eigenvalue weighted by Gasteiger charge is -2.28. The number of hydrogen-bond acceptors (Lipinski definition) is 3. The molecule has 100 valence electrons. The third-order valence-corrected chi connectivity index (χ3v) is 4.08. The van der Waals surface area contributed by atoms with Crippen molar-refractivity contribution in [1.29, 1.82) is 0 Å². The van der Waals surface area contributed by atoms with Gasteiger partial charge in [0.2, 0.25) is 0 Å². The molecular formula is C14H14FNO2S. The molecule has 19 heavy (non-hydrogen) atoms. The zero-order valence-corrected chi connectivity index (χ0v) is 11.0. The minimum atomic E-state index is -1.42. The van der Waals surface area contributed by atoms with Crippen molar-refractivity contribution in [2.45, 2.75) is 11.8 Å². The minimum Gasteiger partial charge on any atom is -0.481 e. The number of carbonyl (C=O) groups is 1. The average Bonchev–Trinajstić information content (AvgIpc) is 2.89. The SMILES string of the molecule is NCC(Cc1cccs1)(C(=O)O)c1ccccc1F. The maximum absolute atomic E-state index is 13.9. The summed E-state index contributed by atoms with van der Waals surface area (Å²) in [6.45, 7) is -0.152. The Morgan fingerprint density at radius 2 is 2.05 bits per heavy atom. The van der Waals surface area contributed by atoms with Crippen LogP contribution in [0.25, 0.3) is 0 Å². The molecule has 0 aliphatic rings. The molecule has 0 saturated carbocycles. The van der Waals surface area contributed by atoms with E-state index in [1.54, 1.807) is 6.07 Å². The van der Waals surface area contributed by atoms with Gasteiger partial charge in [0.15, 0.2) is 0 Å². The Kier molecular flexibility index (Phi) is 3.97. The maximum Gasteiger partial charge on any atom is 0.315 e. The van der Waals surface area contributed by atoms with Crippen molar-refractivity contribution in [2.75, 3.05) is 6.54 Å². The van der Waals surface area contributed by atoms with E-state index < -0.39 is 17.2 Å². The molecule has 2 aromatic rings. The smallest absolute Gasteiger partial charge is 0.315 e. The van der Waals surface area contributed by atoms with E-state index in [-0.39, 0.29) is 18.5 Å². The van der Waals surface area contributed by atoms with Crippen molar-refractivity contribution >= 4 is 17.3 Å². The number of benzene rings is 1. The second-order valence-corrected chi connectivity index (χ2v) is 5.36. The number of carboxylic acids is 1. The van der Waals surface area contributed by atoms with Gasteiger partial charge >= 0.3 is 5.97 Å². The molecule has 0 spiro atoms. The van der Waals surface area contributed by atoms with E-state index in [9.17, 15) is 14.3 Å². The van der Waals surface area contributed by atoms with Crippen molar-refractivity contribution < 1.29 is 14.3 Å². The fourth-order valence-electron chi connectivity index (χ4n) is 2.12. The fourth-order valence-corrected chi connectivity index (χ4v) is 2.93. The lowest BCUT2D eigenvalue weighted by molar-refractivity contribution is -0.143. The third kappa shape index (κ3) is 2.52. The van der Waals surface area contributed by atoms with Gasteiger partial charge in [-0.25, -0.2) is 4.39 Å². The van der Waals surface area contributed by atoms with E-state index in [2.05, 4.69) is 0 Å². The van der Waals surface area contributed by atoms with Gasteiger partial charge in [-0.1, -0.05) is 24.3 Å². The van der Waals surface area contributed by atoms with Crippen molar-refractivity contribution in [3.8, 4) is 0 Å². The number of nitrogens with two attached hydrogens (primary N) is 1. The molecule has 0 bridgehead atoms. The topological polar surface area (TPSA) is 63.3 Å². The zero-order chi connectivity index (χ0) is 13.9. The highest BCUT2D eigenvalue weighted by Crippen LogP contribution is 2.31. The van der Waals surface area contributed by atoms with Crippen LogP contribution in [0.2, 0.25) is 0 Å². The van der Waals surface area contributed by atoms with Crippen LogP contribution in [0.15, 0.2) is 41.8 Å². The summed E-state index contributed by atoms with van der Waals surface area (Å²) >= 11 is 1.44. The largest absolute Gasteiger partial charge is 0.481 e. The van der Waals surface area contributed by atoms with E-state index in [0.29, 0.717) is 0 Å². The minimum absolute atomic E-state index is 0.137. The molecule has 5 heteroatoms. The van der Waals surface area contributed by atoms with Crippen molar-refractivity contribution in [1.82, 2.24) is 0 Å². The van der Waals surface area contributed by atoms with Gasteiger partial charge in [0.05, 0.1) is 0 Å². The second-order valence-electron chi connectivity index (χ2n) is 4.33. The molecule has 0 saturated heterocycles. The maximum atomic E-state index is 13.9. The Hall–Kier alpha value is -1.72. The summed E-state index contributed by atoms with van der Waals surface area (Å²) in [7, 11) is 0. The molecule has 1 aromatic heterocycles. The van der Waals surface area contributed by atoms with E-state index >= 15 is 0 Å². The molecule has 0 fully saturated rings. The van der Waals surface area contributed by atoms with Crippen LogP contribution >= 0.6 is 11.3 Å². The highest BCUT2D eigenvalue weighted by atomic mass is 32.1. The van der Waals surface area contributed by atoms with E-state index in [4.69, 9.17) is 5.73 Å². The standard InChI is InChI=1S/C14H14FNO2S/c15-12-6-2-1-5-11(12)14(9-16,13(17)18)8-10-4-3-7-19-10/h1-7H,8-9,16H2,(H,17,18). The molecule has 1 heterocycles. The van der Waals surface area contributed by atoms with E-state index in [1.807, 2.05) is 17.5 Å². The molecule has 0 radical (unpaired) electrons. The summed E-state index contributed by atoms with van der Waals surface area (Å²) < 4.78 is 13.9. The first-order valence-electron chi connectivity index (χ1n) is 5.81. The molecule has 1 atom stereocenters. The molecule has 1 aromatic carbocycles. The van der Waals surface area contributed by atoms with Gasteiger partial charge in [-0.05, 0) is 17.5 Å². The Labute approximate surface area is 114 Å². The first kappa shape index (κ1) is 13.7. The first-order chi connectivity index (χ1) is 9.10. The number of carboxylic acid groups (broad SMARTS) is 1. The average molecular weight is 279 g/mol. The molecular weight excluding hydrogens is 265 g/mol. The highest BCUT2D eigenvalue weighted by molar-refractivity contribution is 7.09.